The summed E-state index contributed by atoms with van der Waals surface area (Å²) in [5, 5.41) is 2.95. The standard InChI is InChI=1S/C11H16BrFN4O/c1-7(6-18-2)15-11(17-14)16-8-3-4-10(13)9(12)5-8/h3-5,7H,6,14H2,1-2H3,(H2,15,16,17). The van der Waals surface area contributed by atoms with Gasteiger partial charge in [-0.2, -0.15) is 0 Å². The first-order valence-corrected chi connectivity index (χ1v) is 6.11. The fourth-order valence-electron chi connectivity index (χ4n) is 1.32. The quantitative estimate of drug-likeness (QED) is 0.343. The van der Waals surface area contributed by atoms with Gasteiger partial charge in [0, 0.05) is 12.8 Å². The highest BCUT2D eigenvalue weighted by Gasteiger charge is 2.05. The second-order valence-corrected chi connectivity index (χ2v) is 4.53. The molecule has 0 radical (unpaired) electrons. The number of rotatable bonds is 4. The lowest BCUT2D eigenvalue weighted by Crippen LogP contribution is -2.37. The van der Waals surface area contributed by atoms with Gasteiger partial charge in [0.15, 0.2) is 0 Å². The molecule has 0 amide bonds. The molecule has 0 aliphatic rings. The van der Waals surface area contributed by atoms with Crippen molar-refractivity contribution in [3.63, 3.8) is 0 Å². The van der Waals surface area contributed by atoms with Gasteiger partial charge in [-0.3, -0.25) is 5.43 Å². The van der Waals surface area contributed by atoms with Crippen LogP contribution < -0.4 is 16.6 Å². The van der Waals surface area contributed by atoms with Gasteiger partial charge in [-0.15, -0.1) is 0 Å². The number of ether oxygens (including phenoxy) is 1. The Morgan fingerprint density at radius 3 is 2.89 bits per heavy atom. The van der Waals surface area contributed by atoms with Gasteiger partial charge in [-0.25, -0.2) is 15.2 Å². The minimum absolute atomic E-state index is 0.0440. The molecule has 4 N–H and O–H groups in total. The number of hydrazine groups is 1. The van der Waals surface area contributed by atoms with Crippen molar-refractivity contribution in [3.05, 3.63) is 28.5 Å². The summed E-state index contributed by atoms with van der Waals surface area (Å²) in [5.41, 5.74) is 3.12. The summed E-state index contributed by atoms with van der Waals surface area (Å²) in [6, 6.07) is 4.49. The van der Waals surface area contributed by atoms with Gasteiger partial charge < -0.3 is 10.1 Å². The van der Waals surface area contributed by atoms with Crippen LogP contribution in [0.2, 0.25) is 0 Å². The number of benzene rings is 1. The average Bonchev–Trinajstić information content (AvgIpc) is 2.33. The first-order chi connectivity index (χ1) is 8.56. The molecule has 1 atom stereocenters. The number of guanidine groups is 1. The van der Waals surface area contributed by atoms with Crippen LogP contribution in [-0.2, 0) is 4.74 Å². The van der Waals surface area contributed by atoms with Crippen LogP contribution in [0, 0.1) is 5.82 Å². The van der Waals surface area contributed by atoms with Crippen LogP contribution >= 0.6 is 15.9 Å². The molecule has 0 fully saturated rings. The number of halogens is 2. The maximum atomic E-state index is 13.1. The lowest BCUT2D eigenvalue weighted by Gasteiger charge is -2.12. The highest BCUT2D eigenvalue weighted by molar-refractivity contribution is 9.10. The van der Waals surface area contributed by atoms with Crippen LogP contribution in [0.4, 0.5) is 10.1 Å². The molecule has 0 spiro atoms. The SMILES string of the molecule is COCC(C)N=C(NN)Nc1ccc(F)c(Br)c1. The zero-order valence-electron chi connectivity index (χ0n) is 10.2. The predicted octanol–water partition coefficient (Wildman–Crippen LogP) is 1.85. The highest BCUT2D eigenvalue weighted by Crippen LogP contribution is 2.19. The summed E-state index contributed by atoms with van der Waals surface area (Å²) in [4.78, 5) is 4.27. The van der Waals surface area contributed by atoms with E-state index in [9.17, 15) is 4.39 Å². The van der Waals surface area contributed by atoms with Crippen LogP contribution in [0.25, 0.3) is 0 Å². The number of hydrogen-bond donors (Lipinski definition) is 3. The Labute approximate surface area is 114 Å². The summed E-state index contributed by atoms with van der Waals surface area (Å²) in [5.74, 6) is 5.42. The van der Waals surface area contributed by atoms with E-state index in [0.29, 0.717) is 22.7 Å². The third kappa shape index (κ3) is 4.59. The van der Waals surface area contributed by atoms with E-state index in [0.717, 1.165) is 0 Å². The third-order valence-corrected chi connectivity index (χ3v) is 2.68. The molecule has 0 aliphatic heterocycles. The van der Waals surface area contributed by atoms with E-state index in [1.165, 1.54) is 6.07 Å². The Kier molecular flexibility index (Phi) is 6.03. The van der Waals surface area contributed by atoms with Crippen LogP contribution in [-0.4, -0.2) is 25.7 Å². The maximum Gasteiger partial charge on any atom is 0.210 e. The topological polar surface area (TPSA) is 71.7 Å². The van der Waals surface area contributed by atoms with Crippen molar-refractivity contribution < 1.29 is 9.13 Å². The minimum Gasteiger partial charge on any atom is -0.382 e. The van der Waals surface area contributed by atoms with Crippen LogP contribution in [0.3, 0.4) is 0 Å². The first-order valence-electron chi connectivity index (χ1n) is 5.32. The molecule has 1 rings (SSSR count). The Morgan fingerprint density at radius 1 is 1.61 bits per heavy atom. The lowest BCUT2D eigenvalue weighted by molar-refractivity contribution is 0.185. The van der Waals surface area contributed by atoms with Crippen molar-refractivity contribution in [1.82, 2.24) is 5.43 Å². The molecule has 0 aromatic heterocycles. The minimum atomic E-state index is -0.326. The monoisotopic (exact) mass is 318 g/mol. The zero-order chi connectivity index (χ0) is 13.5. The summed E-state index contributed by atoms with van der Waals surface area (Å²) >= 11 is 3.11. The fourth-order valence-corrected chi connectivity index (χ4v) is 1.69. The summed E-state index contributed by atoms with van der Waals surface area (Å²) in [6.45, 7) is 2.38. The van der Waals surface area contributed by atoms with Gasteiger partial charge in [-0.1, -0.05) is 0 Å². The summed E-state index contributed by atoms with van der Waals surface area (Å²) < 4.78 is 18.4. The van der Waals surface area contributed by atoms with Gasteiger partial charge >= 0.3 is 0 Å². The van der Waals surface area contributed by atoms with Crippen molar-refractivity contribution in [2.45, 2.75) is 13.0 Å². The largest absolute Gasteiger partial charge is 0.382 e. The van der Waals surface area contributed by atoms with Crippen molar-refractivity contribution >= 4 is 27.6 Å². The average molecular weight is 319 g/mol. The number of nitrogens with zero attached hydrogens (tertiary/aromatic N) is 1. The molecule has 0 saturated carbocycles. The molecule has 1 aromatic carbocycles. The van der Waals surface area contributed by atoms with Crippen molar-refractivity contribution in [1.29, 1.82) is 0 Å². The molecule has 0 bridgehead atoms. The molecule has 0 saturated heterocycles. The maximum absolute atomic E-state index is 13.1. The number of methoxy groups -OCH3 is 1. The summed E-state index contributed by atoms with van der Waals surface area (Å²) in [6.07, 6.45) is 0. The number of nitrogens with one attached hydrogen (secondary N) is 2. The number of hydrogen-bond acceptors (Lipinski definition) is 3. The Balaban J connectivity index is 2.76. The van der Waals surface area contributed by atoms with Crippen LogP contribution in [0.1, 0.15) is 6.92 Å². The second-order valence-electron chi connectivity index (χ2n) is 3.68. The Bertz CT molecular complexity index is 428. The van der Waals surface area contributed by atoms with Gasteiger partial charge in [0.25, 0.3) is 0 Å². The van der Waals surface area contributed by atoms with E-state index >= 15 is 0 Å². The normalized spacial score (nSPS) is 13.3. The molecule has 0 aliphatic carbocycles. The molecule has 7 heteroatoms. The van der Waals surface area contributed by atoms with E-state index in [1.54, 1.807) is 19.2 Å². The fraction of sp³-hybridized carbons (Fsp3) is 0.364. The molecule has 5 nitrogen and oxygen atoms in total. The number of nitrogens with two attached hydrogens (primary N) is 1. The van der Waals surface area contributed by atoms with Crippen molar-refractivity contribution in [2.75, 3.05) is 19.0 Å². The molecule has 18 heavy (non-hydrogen) atoms. The third-order valence-electron chi connectivity index (χ3n) is 2.08. The molecule has 0 heterocycles. The van der Waals surface area contributed by atoms with E-state index < -0.39 is 0 Å². The van der Waals surface area contributed by atoms with E-state index in [-0.39, 0.29) is 11.9 Å². The highest BCUT2D eigenvalue weighted by atomic mass is 79.9. The Morgan fingerprint density at radius 2 is 2.33 bits per heavy atom. The molecule has 100 valence electrons. The lowest BCUT2D eigenvalue weighted by atomic mass is 10.3. The van der Waals surface area contributed by atoms with Crippen LogP contribution in [0.15, 0.2) is 27.7 Å². The van der Waals surface area contributed by atoms with Gasteiger partial charge in [0.1, 0.15) is 5.82 Å². The van der Waals surface area contributed by atoms with E-state index in [2.05, 4.69) is 31.7 Å². The number of aliphatic imine (C=N–C) groups is 1. The van der Waals surface area contributed by atoms with Gasteiger partial charge in [-0.05, 0) is 41.1 Å². The van der Waals surface area contributed by atoms with E-state index in [1.807, 2.05) is 6.92 Å². The van der Waals surface area contributed by atoms with E-state index in [4.69, 9.17) is 10.6 Å². The predicted molar refractivity (Wildman–Crippen MR) is 73.8 cm³/mol. The Hall–Kier alpha value is -1.18. The van der Waals surface area contributed by atoms with Crippen LogP contribution in [0.5, 0.6) is 0 Å². The molecular formula is C11H16BrFN4O. The van der Waals surface area contributed by atoms with Crippen molar-refractivity contribution in [3.8, 4) is 0 Å². The number of anilines is 1. The summed E-state index contributed by atoms with van der Waals surface area (Å²) in [7, 11) is 1.60. The van der Waals surface area contributed by atoms with Gasteiger partial charge in [0.05, 0.1) is 17.1 Å². The smallest absolute Gasteiger partial charge is 0.210 e. The first kappa shape index (κ1) is 14.9. The zero-order valence-corrected chi connectivity index (χ0v) is 11.8. The molecule has 1 aromatic rings. The van der Waals surface area contributed by atoms with Crippen molar-refractivity contribution in [2.24, 2.45) is 10.8 Å². The van der Waals surface area contributed by atoms with Gasteiger partial charge in [0.2, 0.25) is 5.96 Å². The molecular weight excluding hydrogens is 303 g/mol. The second kappa shape index (κ2) is 7.30. The molecule has 1 unspecified atom stereocenters.